The summed E-state index contributed by atoms with van der Waals surface area (Å²) < 4.78 is 35.1. The number of hydrogen-bond acceptors (Lipinski definition) is 7. The van der Waals surface area contributed by atoms with Gasteiger partial charge in [0.1, 0.15) is 23.1 Å². The van der Waals surface area contributed by atoms with Gasteiger partial charge in [-0.05, 0) is 37.5 Å². The third-order valence-electron chi connectivity index (χ3n) is 7.35. The first-order valence-electron chi connectivity index (χ1n) is 12.7. The summed E-state index contributed by atoms with van der Waals surface area (Å²) in [6.45, 7) is 3.84. The summed E-state index contributed by atoms with van der Waals surface area (Å²) in [5.74, 6) is 0.154. The molecule has 10 heteroatoms. The van der Waals surface area contributed by atoms with Crippen LogP contribution in [-0.4, -0.2) is 77.5 Å². The SMILES string of the molecule is C[C@@H]1CN([C@H](C)CO)S(=O)(=O)c2ccc(-c3cncnc3)cc2O[C@@H]1CN(C)C(=O)C1CCCCC1. The number of sulfonamides is 1. The zero-order valence-corrected chi connectivity index (χ0v) is 22.0. The molecule has 0 saturated heterocycles. The molecule has 9 nitrogen and oxygen atoms in total. The van der Waals surface area contributed by atoms with Crippen LogP contribution in [0.4, 0.5) is 0 Å². The minimum absolute atomic E-state index is 0.0378. The second-order valence-corrected chi connectivity index (χ2v) is 11.9. The Kier molecular flexibility index (Phi) is 8.27. The van der Waals surface area contributed by atoms with E-state index in [1.54, 1.807) is 43.4 Å². The number of aliphatic hydroxyl groups is 1. The molecule has 4 rings (SSSR count). The largest absolute Gasteiger partial charge is 0.487 e. The van der Waals surface area contributed by atoms with Crippen LogP contribution in [0.15, 0.2) is 41.8 Å². The number of amides is 1. The molecule has 1 aromatic carbocycles. The first-order valence-corrected chi connectivity index (χ1v) is 14.1. The first kappa shape index (κ1) is 26.5. The molecule has 2 aliphatic rings. The standard InChI is InChI=1S/C26H36N4O5S/c1-18-14-30(19(2)16-31)36(33,34)25-10-9-21(22-12-27-17-28-13-22)11-23(25)35-24(18)15-29(3)26(32)20-7-5-4-6-8-20/h9-13,17-20,24,31H,4-8,14-16H2,1-3H3/t18-,19-,24-/m1/s1. The molecule has 1 amide bonds. The second-order valence-electron chi connectivity index (χ2n) is 10.1. The van der Waals surface area contributed by atoms with Crippen LogP contribution >= 0.6 is 0 Å². The minimum Gasteiger partial charge on any atom is -0.487 e. The van der Waals surface area contributed by atoms with Crippen molar-refractivity contribution in [1.29, 1.82) is 0 Å². The van der Waals surface area contributed by atoms with Crippen molar-refractivity contribution in [3.63, 3.8) is 0 Å². The van der Waals surface area contributed by atoms with Crippen molar-refractivity contribution < 1.29 is 23.1 Å². The van der Waals surface area contributed by atoms with Gasteiger partial charge < -0.3 is 14.7 Å². The van der Waals surface area contributed by atoms with E-state index in [0.29, 0.717) is 6.54 Å². The topological polar surface area (TPSA) is 113 Å². The summed E-state index contributed by atoms with van der Waals surface area (Å²) in [5.41, 5.74) is 1.46. The lowest BCUT2D eigenvalue weighted by molar-refractivity contribution is -0.136. The van der Waals surface area contributed by atoms with Crippen LogP contribution in [0.2, 0.25) is 0 Å². The molecular weight excluding hydrogens is 480 g/mol. The number of aliphatic hydroxyl groups excluding tert-OH is 1. The summed E-state index contributed by atoms with van der Waals surface area (Å²) in [5, 5.41) is 9.83. The average molecular weight is 517 g/mol. The predicted octanol–water partition coefficient (Wildman–Crippen LogP) is 2.95. The van der Waals surface area contributed by atoms with Crippen molar-refractivity contribution in [2.45, 2.75) is 63.0 Å². The fourth-order valence-electron chi connectivity index (χ4n) is 5.09. The van der Waals surface area contributed by atoms with Crippen molar-refractivity contribution in [2.24, 2.45) is 11.8 Å². The highest BCUT2D eigenvalue weighted by Crippen LogP contribution is 2.36. The molecule has 1 aliphatic carbocycles. The molecule has 2 aromatic rings. The van der Waals surface area contributed by atoms with Gasteiger partial charge in [-0.1, -0.05) is 32.3 Å². The van der Waals surface area contributed by atoms with Crippen molar-refractivity contribution in [3.05, 3.63) is 36.9 Å². The fraction of sp³-hybridized carbons (Fsp3) is 0.577. The Hall–Kier alpha value is -2.56. The smallest absolute Gasteiger partial charge is 0.247 e. The molecule has 0 unspecified atom stereocenters. The normalized spacial score (nSPS) is 23.6. The van der Waals surface area contributed by atoms with E-state index >= 15 is 0 Å². The summed E-state index contributed by atoms with van der Waals surface area (Å²) in [6, 6.07) is 4.34. The fourth-order valence-corrected chi connectivity index (χ4v) is 6.92. The Morgan fingerprint density at radius 2 is 1.89 bits per heavy atom. The number of aromatic nitrogens is 2. The van der Waals surface area contributed by atoms with E-state index in [1.165, 1.54) is 23.1 Å². The molecule has 2 heterocycles. The highest BCUT2D eigenvalue weighted by molar-refractivity contribution is 7.89. The quantitative estimate of drug-likeness (QED) is 0.628. The summed E-state index contributed by atoms with van der Waals surface area (Å²) in [4.78, 5) is 23.1. The van der Waals surface area contributed by atoms with Gasteiger partial charge in [0.05, 0.1) is 13.2 Å². The van der Waals surface area contributed by atoms with E-state index in [1.807, 2.05) is 6.92 Å². The molecule has 0 spiro atoms. The van der Waals surface area contributed by atoms with Gasteiger partial charge in [-0.15, -0.1) is 0 Å². The number of nitrogens with zero attached hydrogens (tertiary/aromatic N) is 4. The monoisotopic (exact) mass is 516 g/mol. The van der Waals surface area contributed by atoms with Gasteiger partial charge in [0.15, 0.2) is 0 Å². The minimum atomic E-state index is -3.93. The number of carbonyl (C=O) groups is 1. The lowest BCUT2D eigenvalue weighted by Gasteiger charge is -2.38. The maximum absolute atomic E-state index is 13.7. The number of rotatable bonds is 6. The Morgan fingerprint density at radius 1 is 1.19 bits per heavy atom. The van der Waals surface area contributed by atoms with Gasteiger partial charge in [0.25, 0.3) is 0 Å². The van der Waals surface area contributed by atoms with E-state index in [-0.39, 0.29) is 41.5 Å². The summed E-state index contributed by atoms with van der Waals surface area (Å²) in [7, 11) is -2.13. The number of hydrogen-bond donors (Lipinski definition) is 1. The van der Waals surface area contributed by atoms with E-state index in [4.69, 9.17) is 4.74 Å². The lowest BCUT2D eigenvalue weighted by Crippen LogP contribution is -2.50. The maximum atomic E-state index is 13.7. The highest BCUT2D eigenvalue weighted by atomic mass is 32.2. The molecule has 1 fully saturated rings. The Morgan fingerprint density at radius 3 is 2.56 bits per heavy atom. The molecule has 1 aromatic heterocycles. The van der Waals surface area contributed by atoms with Gasteiger partial charge in [-0.25, -0.2) is 18.4 Å². The van der Waals surface area contributed by atoms with Crippen LogP contribution < -0.4 is 4.74 Å². The van der Waals surface area contributed by atoms with Gasteiger partial charge in [0.2, 0.25) is 15.9 Å². The predicted molar refractivity (Wildman–Crippen MR) is 136 cm³/mol. The molecular formula is C26H36N4O5S. The molecule has 1 saturated carbocycles. The van der Waals surface area contributed by atoms with Gasteiger partial charge in [0, 0.05) is 49.4 Å². The van der Waals surface area contributed by atoms with Crippen molar-refractivity contribution in [2.75, 3.05) is 26.7 Å². The average Bonchev–Trinajstić information content (AvgIpc) is 2.90. The van der Waals surface area contributed by atoms with Crippen molar-refractivity contribution >= 4 is 15.9 Å². The third kappa shape index (κ3) is 5.55. The van der Waals surface area contributed by atoms with Crippen LogP contribution in [0.3, 0.4) is 0 Å². The summed E-state index contributed by atoms with van der Waals surface area (Å²) in [6.07, 6.45) is 9.46. The number of ether oxygens (including phenoxy) is 1. The third-order valence-corrected chi connectivity index (χ3v) is 9.36. The van der Waals surface area contributed by atoms with Gasteiger partial charge >= 0.3 is 0 Å². The van der Waals surface area contributed by atoms with Gasteiger partial charge in [-0.3, -0.25) is 4.79 Å². The molecule has 196 valence electrons. The Balaban J connectivity index is 1.70. The molecule has 3 atom stereocenters. The molecule has 36 heavy (non-hydrogen) atoms. The number of fused-ring (bicyclic) bond motifs is 1. The second kappa shape index (κ2) is 11.2. The van der Waals surface area contributed by atoms with E-state index in [2.05, 4.69) is 9.97 Å². The van der Waals surface area contributed by atoms with Crippen molar-refractivity contribution in [3.8, 4) is 16.9 Å². The Bertz CT molecular complexity index is 1150. The zero-order valence-electron chi connectivity index (χ0n) is 21.2. The molecule has 1 aliphatic heterocycles. The van der Waals surface area contributed by atoms with E-state index in [0.717, 1.165) is 36.8 Å². The van der Waals surface area contributed by atoms with Crippen LogP contribution in [-0.2, 0) is 14.8 Å². The number of benzene rings is 1. The van der Waals surface area contributed by atoms with Gasteiger partial charge in [-0.2, -0.15) is 4.31 Å². The van der Waals surface area contributed by atoms with Crippen molar-refractivity contribution in [1.82, 2.24) is 19.2 Å². The van der Waals surface area contributed by atoms with E-state index in [9.17, 15) is 18.3 Å². The number of carbonyl (C=O) groups excluding carboxylic acids is 1. The van der Waals surface area contributed by atoms with E-state index < -0.39 is 22.2 Å². The molecule has 0 radical (unpaired) electrons. The van der Waals surface area contributed by atoms with Crippen LogP contribution in [0.5, 0.6) is 5.75 Å². The molecule has 0 bridgehead atoms. The maximum Gasteiger partial charge on any atom is 0.247 e. The van der Waals surface area contributed by atoms with Crippen LogP contribution in [0.1, 0.15) is 46.0 Å². The summed E-state index contributed by atoms with van der Waals surface area (Å²) >= 11 is 0. The van der Waals surface area contributed by atoms with Crippen LogP contribution in [0.25, 0.3) is 11.1 Å². The Labute approximate surface area is 213 Å². The molecule has 1 N–H and O–H groups in total. The highest BCUT2D eigenvalue weighted by Gasteiger charge is 2.39. The zero-order chi connectivity index (χ0) is 25.9. The number of likely N-dealkylation sites (N-methyl/N-ethyl adjacent to an activating group) is 1. The lowest BCUT2D eigenvalue weighted by atomic mass is 9.88. The van der Waals surface area contributed by atoms with Crippen LogP contribution in [0, 0.1) is 11.8 Å². The first-order chi connectivity index (χ1) is 17.2.